The number of esters is 1. The lowest BCUT2D eigenvalue weighted by atomic mass is 9.85. The fraction of sp³-hybridized carbons (Fsp3) is 0.364. The fourth-order valence-electron chi connectivity index (χ4n) is 3.49. The third kappa shape index (κ3) is 5.03. The van der Waals surface area contributed by atoms with Crippen LogP contribution in [-0.2, 0) is 22.4 Å². The molecule has 2 aromatic rings. The van der Waals surface area contributed by atoms with Gasteiger partial charge in [-0.15, -0.1) is 11.3 Å². The number of ether oxygens (including phenoxy) is 1. The van der Waals surface area contributed by atoms with Gasteiger partial charge in [0.15, 0.2) is 0 Å². The van der Waals surface area contributed by atoms with Gasteiger partial charge >= 0.3 is 5.97 Å². The molecular weight excluding hydrogens is 429 g/mol. The number of carbonyl (C=O) groups is 2. The molecule has 1 atom stereocenters. The normalized spacial score (nSPS) is 15.9. The van der Waals surface area contributed by atoms with Crippen molar-refractivity contribution in [2.75, 3.05) is 11.9 Å². The number of hydrogen-bond donors (Lipinski definition) is 1. The SMILES string of the molecule is CCOC(=O)c1c(NC(=O)/C=C/c2c(Cl)cccc2Cl)sc2c1CC[C@@H](CC)C2. The Morgan fingerprint density at radius 1 is 1.28 bits per heavy atom. The first-order chi connectivity index (χ1) is 13.9. The minimum absolute atomic E-state index is 0.291. The van der Waals surface area contributed by atoms with Crippen LogP contribution in [0.3, 0.4) is 0 Å². The summed E-state index contributed by atoms with van der Waals surface area (Å²) in [4.78, 5) is 26.3. The van der Waals surface area contributed by atoms with Crippen molar-refractivity contribution in [3.8, 4) is 0 Å². The Bertz CT molecular complexity index is 932. The van der Waals surface area contributed by atoms with Crippen LogP contribution in [0.15, 0.2) is 24.3 Å². The lowest BCUT2D eigenvalue weighted by Crippen LogP contribution is -2.16. The van der Waals surface area contributed by atoms with Gasteiger partial charge in [0.05, 0.1) is 12.2 Å². The molecule has 1 N–H and O–H groups in total. The molecule has 1 heterocycles. The van der Waals surface area contributed by atoms with Crippen molar-refractivity contribution < 1.29 is 14.3 Å². The summed E-state index contributed by atoms with van der Waals surface area (Å²) in [6, 6.07) is 5.16. The number of thiophene rings is 1. The van der Waals surface area contributed by atoms with Gasteiger partial charge in [0.1, 0.15) is 5.00 Å². The van der Waals surface area contributed by atoms with E-state index in [4.69, 9.17) is 27.9 Å². The zero-order valence-electron chi connectivity index (χ0n) is 16.4. The standard InChI is InChI=1S/C22H23Cl2NO3S/c1-3-13-8-9-15-18(12-13)29-21(20(15)22(27)28-4-2)25-19(26)11-10-14-16(23)6-5-7-17(14)24/h5-7,10-11,13H,3-4,8-9,12H2,1-2H3,(H,25,26)/b11-10+/t13-/m1/s1. The molecule has 0 aliphatic heterocycles. The Labute approximate surface area is 184 Å². The zero-order valence-corrected chi connectivity index (χ0v) is 18.7. The van der Waals surface area contributed by atoms with Crippen molar-refractivity contribution in [3.05, 3.63) is 55.9 Å². The van der Waals surface area contributed by atoms with E-state index in [1.54, 1.807) is 31.2 Å². The van der Waals surface area contributed by atoms with Crippen molar-refractivity contribution in [1.82, 2.24) is 0 Å². The van der Waals surface area contributed by atoms with E-state index in [1.165, 1.54) is 22.3 Å². The predicted octanol–water partition coefficient (Wildman–Crippen LogP) is 6.40. The van der Waals surface area contributed by atoms with E-state index in [-0.39, 0.29) is 11.9 Å². The second-order valence-electron chi connectivity index (χ2n) is 6.90. The van der Waals surface area contributed by atoms with Gasteiger partial charge in [0, 0.05) is 26.6 Å². The number of carbonyl (C=O) groups excluding carboxylic acids is 2. The van der Waals surface area contributed by atoms with E-state index >= 15 is 0 Å². The Morgan fingerprint density at radius 2 is 2.00 bits per heavy atom. The molecule has 0 unspecified atom stereocenters. The maximum atomic E-state index is 12.6. The predicted molar refractivity (Wildman–Crippen MR) is 120 cm³/mol. The lowest BCUT2D eigenvalue weighted by molar-refractivity contribution is -0.111. The van der Waals surface area contributed by atoms with E-state index in [1.807, 2.05) is 0 Å². The maximum Gasteiger partial charge on any atom is 0.341 e. The first-order valence-corrected chi connectivity index (χ1v) is 11.3. The topological polar surface area (TPSA) is 55.4 Å². The Balaban J connectivity index is 1.86. The first-order valence-electron chi connectivity index (χ1n) is 9.69. The number of nitrogens with one attached hydrogen (secondary N) is 1. The number of fused-ring (bicyclic) bond motifs is 1. The largest absolute Gasteiger partial charge is 0.462 e. The molecule has 3 rings (SSSR count). The third-order valence-electron chi connectivity index (χ3n) is 5.06. The second-order valence-corrected chi connectivity index (χ2v) is 8.82. The number of hydrogen-bond acceptors (Lipinski definition) is 4. The van der Waals surface area contributed by atoms with Gasteiger partial charge in [-0.05, 0) is 55.9 Å². The molecule has 29 heavy (non-hydrogen) atoms. The van der Waals surface area contributed by atoms with Gasteiger partial charge in [-0.25, -0.2) is 4.79 Å². The smallest absolute Gasteiger partial charge is 0.341 e. The van der Waals surface area contributed by atoms with Gasteiger partial charge in [-0.1, -0.05) is 42.6 Å². The summed E-state index contributed by atoms with van der Waals surface area (Å²) >= 11 is 13.8. The summed E-state index contributed by atoms with van der Waals surface area (Å²) in [5.74, 6) is -0.118. The Hall–Kier alpha value is -1.82. The van der Waals surface area contributed by atoms with Gasteiger partial charge < -0.3 is 10.1 Å². The number of rotatable bonds is 6. The molecule has 1 aliphatic carbocycles. The maximum absolute atomic E-state index is 12.6. The zero-order chi connectivity index (χ0) is 21.0. The number of halogens is 2. The lowest BCUT2D eigenvalue weighted by Gasteiger charge is -2.20. The van der Waals surface area contributed by atoms with Crippen molar-refractivity contribution in [2.45, 2.75) is 39.5 Å². The second kappa shape index (κ2) is 9.79. The third-order valence-corrected chi connectivity index (χ3v) is 6.89. The first kappa shape index (κ1) is 21.9. The molecule has 0 saturated carbocycles. The Kier molecular flexibility index (Phi) is 7.38. The van der Waals surface area contributed by atoms with Gasteiger partial charge in [0.2, 0.25) is 5.91 Å². The summed E-state index contributed by atoms with van der Waals surface area (Å²) in [7, 11) is 0. The molecular formula is C22H23Cl2NO3S. The average molecular weight is 452 g/mol. The minimum Gasteiger partial charge on any atom is -0.462 e. The Morgan fingerprint density at radius 3 is 2.66 bits per heavy atom. The molecule has 0 bridgehead atoms. The van der Waals surface area contributed by atoms with Crippen LogP contribution in [0.2, 0.25) is 10.0 Å². The molecule has 0 spiro atoms. The van der Waals surface area contributed by atoms with Crippen molar-refractivity contribution >= 4 is 57.5 Å². The van der Waals surface area contributed by atoms with E-state index in [2.05, 4.69) is 12.2 Å². The van der Waals surface area contributed by atoms with E-state index in [9.17, 15) is 9.59 Å². The van der Waals surface area contributed by atoms with Crippen LogP contribution in [0.5, 0.6) is 0 Å². The number of anilines is 1. The quantitative estimate of drug-likeness (QED) is 0.408. The molecule has 1 amide bonds. The molecule has 154 valence electrons. The molecule has 1 aliphatic rings. The molecule has 7 heteroatoms. The highest BCUT2D eigenvalue weighted by molar-refractivity contribution is 7.17. The monoisotopic (exact) mass is 451 g/mol. The number of benzene rings is 1. The average Bonchev–Trinajstić information content (AvgIpc) is 3.04. The molecule has 1 aromatic heterocycles. The molecule has 1 aromatic carbocycles. The van der Waals surface area contributed by atoms with E-state index in [0.717, 1.165) is 31.2 Å². The molecule has 0 radical (unpaired) electrons. The van der Waals surface area contributed by atoms with Gasteiger partial charge in [-0.3, -0.25) is 4.79 Å². The highest BCUT2D eigenvalue weighted by atomic mass is 35.5. The van der Waals surface area contributed by atoms with Crippen LogP contribution >= 0.6 is 34.5 Å². The van der Waals surface area contributed by atoms with Crippen LogP contribution in [0.4, 0.5) is 5.00 Å². The van der Waals surface area contributed by atoms with Gasteiger partial charge in [-0.2, -0.15) is 0 Å². The molecule has 0 saturated heterocycles. The van der Waals surface area contributed by atoms with Crippen molar-refractivity contribution in [1.29, 1.82) is 0 Å². The van der Waals surface area contributed by atoms with Crippen molar-refractivity contribution in [2.24, 2.45) is 5.92 Å². The highest BCUT2D eigenvalue weighted by Crippen LogP contribution is 2.40. The van der Waals surface area contributed by atoms with Crippen molar-refractivity contribution in [3.63, 3.8) is 0 Å². The summed E-state index contributed by atoms with van der Waals surface area (Å²) in [5, 5.41) is 4.33. The molecule has 4 nitrogen and oxygen atoms in total. The summed E-state index contributed by atoms with van der Waals surface area (Å²) in [6.45, 7) is 4.25. The van der Waals surface area contributed by atoms with Gasteiger partial charge in [0.25, 0.3) is 0 Å². The van der Waals surface area contributed by atoms with E-state index in [0.29, 0.717) is 38.7 Å². The van der Waals surface area contributed by atoms with Crippen LogP contribution < -0.4 is 5.32 Å². The fourth-order valence-corrected chi connectivity index (χ4v) is 5.37. The van der Waals surface area contributed by atoms with E-state index < -0.39 is 0 Å². The van der Waals surface area contributed by atoms with Crippen LogP contribution in [0.1, 0.15) is 53.1 Å². The summed E-state index contributed by atoms with van der Waals surface area (Å²) in [6.07, 6.45) is 6.86. The van der Waals surface area contributed by atoms with Crippen LogP contribution in [0.25, 0.3) is 6.08 Å². The van der Waals surface area contributed by atoms with Crippen LogP contribution in [0, 0.1) is 5.92 Å². The minimum atomic E-state index is -0.381. The highest BCUT2D eigenvalue weighted by Gasteiger charge is 2.29. The van der Waals surface area contributed by atoms with Crippen LogP contribution in [-0.4, -0.2) is 18.5 Å². The number of amides is 1. The summed E-state index contributed by atoms with van der Waals surface area (Å²) < 4.78 is 5.25. The summed E-state index contributed by atoms with van der Waals surface area (Å²) in [5.41, 5.74) is 2.10. The molecule has 0 fully saturated rings.